The van der Waals surface area contributed by atoms with Crippen LogP contribution in [0.25, 0.3) is 0 Å². The molecule has 0 saturated carbocycles. The summed E-state index contributed by atoms with van der Waals surface area (Å²) in [6.45, 7) is 14.0. The molecule has 1 fully saturated rings. The van der Waals surface area contributed by atoms with Crippen molar-refractivity contribution in [1.29, 1.82) is 0 Å². The Labute approximate surface area is 176 Å². The second kappa shape index (κ2) is 11.8. The molecule has 0 amide bonds. The molecular weight excluding hydrogens is 439 g/mol. The highest BCUT2D eigenvalue weighted by atomic mass is 127. The Morgan fingerprint density at radius 1 is 1.35 bits per heavy atom. The topological polar surface area (TPSA) is 57.5 Å². The monoisotopic (exact) mass is 476 g/mol. The first-order chi connectivity index (χ1) is 12.0. The van der Waals surface area contributed by atoms with E-state index in [1.54, 1.807) is 0 Å². The number of hydrogen-bond donors (Lipinski definition) is 2. The van der Waals surface area contributed by atoms with Gasteiger partial charge in [-0.05, 0) is 65.5 Å². The van der Waals surface area contributed by atoms with Crippen molar-refractivity contribution in [1.82, 2.24) is 25.3 Å². The van der Waals surface area contributed by atoms with Gasteiger partial charge >= 0.3 is 0 Å². The third-order valence-electron chi connectivity index (χ3n) is 5.00. The number of piperidine rings is 1. The number of guanidine groups is 1. The van der Waals surface area contributed by atoms with Crippen LogP contribution in [0, 0.1) is 19.8 Å². The number of nitrogens with zero attached hydrogens (tertiary/aromatic N) is 4. The van der Waals surface area contributed by atoms with Crippen LogP contribution in [0.15, 0.2) is 11.1 Å². The lowest BCUT2D eigenvalue weighted by atomic mass is 9.97. The summed E-state index contributed by atoms with van der Waals surface area (Å²) in [4.78, 5) is 6.93. The summed E-state index contributed by atoms with van der Waals surface area (Å²) >= 11 is 0. The molecule has 0 bridgehead atoms. The minimum absolute atomic E-state index is 0. The van der Waals surface area contributed by atoms with Gasteiger partial charge in [-0.25, -0.2) is 0 Å². The van der Waals surface area contributed by atoms with Crippen LogP contribution in [0.3, 0.4) is 0 Å². The van der Waals surface area contributed by atoms with Crippen LogP contribution in [0.1, 0.15) is 44.5 Å². The number of likely N-dealkylation sites (tertiary alicyclic amines) is 1. The Kier molecular flexibility index (Phi) is 10.5. The van der Waals surface area contributed by atoms with E-state index in [0.717, 1.165) is 37.7 Å². The fourth-order valence-electron chi connectivity index (χ4n) is 3.53. The number of halogens is 1. The molecule has 1 aromatic rings. The van der Waals surface area contributed by atoms with Gasteiger partial charge in [0.2, 0.25) is 0 Å². The molecule has 1 aliphatic heterocycles. The van der Waals surface area contributed by atoms with E-state index in [1.165, 1.54) is 31.6 Å². The molecule has 7 heteroatoms. The lowest BCUT2D eigenvalue weighted by molar-refractivity contribution is 0.141. The Balaban J connectivity index is 0.00000338. The molecule has 1 aliphatic rings. The minimum atomic E-state index is 0. The summed E-state index contributed by atoms with van der Waals surface area (Å²) in [6.07, 6.45) is 3.65. The van der Waals surface area contributed by atoms with E-state index in [4.69, 9.17) is 0 Å². The van der Waals surface area contributed by atoms with Crippen LogP contribution in [0.4, 0.5) is 0 Å². The summed E-state index contributed by atoms with van der Waals surface area (Å²) in [5.41, 5.74) is 2.32. The molecule has 0 aromatic carbocycles. The van der Waals surface area contributed by atoms with Crippen molar-refractivity contribution in [2.45, 2.75) is 59.5 Å². The van der Waals surface area contributed by atoms with Crippen LogP contribution < -0.4 is 10.6 Å². The maximum absolute atomic E-state index is 4.50. The molecule has 1 unspecified atom stereocenters. The van der Waals surface area contributed by atoms with Gasteiger partial charge in [0.15, 0.2) is 5.96 Å². The second-order valence-electron chi connectivity index (χ2n) is 7.48. The van der Waals surface area contributed by atoms with Crippen LogP contribution in [-0.2, 0) is 6.54 Å². The molecule has 0 aliphatic carbocycles. The molecule has 2 N–H and O–H groups in total. The van der Waals surface area contributed by atoms with Crippen molar-refractivity contribution in [2.75, 3.05) is 33.2 Å². The molecule has 0 spiro atoms. The predicted octanol–water partition coefficient (Wildman–Crippen LogP) is 2.79. The summed E-state index contributed by atoms with van der Waals surface area (Å²) in [5.74, 6) is 1.62. The molecule has 2 rings (SSSR count). The Morgan fingerprint density at radius 2 is 2.12 bits per heavy atom. The van der Waals surface area contributed by atoms with Crippen molar-refractivity contribution in [3.8, 4) is 0 Å². The third kappa shape index (κ3) is 7.42. The second-order valence-corrected chi connectivity index (χ2v) is 7.48. The fraction of sp³-hybridized carbons (Fsp3) is 0.789. The molecule has 2 heterocycles. The van der Waals surface area contributed by atoms with E-state index < -0.39 is 0 Å². The maximum Gasteiger partial charge on any atom is 0.190 e. The number of hydrogen-bond acceptors (Lipinski definition) is 3. The van der Waals surface area contributed by atoms with Gasteiger partial charge in [0.05, 0.1) is 5.69 Å². The van der Waals surface area contributed by atoms with Crippen molar-refractivity contribution in [3.63, 3.8) is 0 Å². The molecule has 150 valence electrons. The van der Waals surface area contributed by atoms with Gasteiger partial charge < -0.3 is 15.5 Å². The smallest absolute Gasteiger partial charge is 0.190 e. The first-order valence-electron chi connectivity index (χ1n) is 9.69. The van der Waals surface area contributed by atoms with Crippen LogP contribution in [0.2, 0.25) is 0 Å². The van der Waals surface area contributed by atoms with Crippen LogP contribution in [0.5, 0.6) is 0 Å². The Bertz CT molecular complexity index is 554. The predicted molar refractivity (Wildman–Crippen MR) is 121 cm³/mol. The highest BCUT2D eigenvalue weighted by Crippen LogP contribution is 2.17. The summed E-state index contributed by atoms with van der Waals surface area (Å²) < 4.78 is 2.08. The maximum atomic E-state index is 4.50. The molecule has 1 atom stereocenters. The number of aromatic nitrogens is 2. The zero-order valence-electron chi connectivity index (χ0n) is 17.1. The number of rotatable bonds is 7. The lowest BCUT2D eigenvalue weighted by Gasteiger charge is -2.35. The van der Waals surface area contributed by atoms with Crippen molar-refractivity contribution >= 4 is 29.9 Å². The van der Waals surface area contributed by atoms with Crippen LogP contribution >= 0.6 is 24.0 Å². The van der Waals surface area contributed by atoms with Gasteiger partial charge in [-0.15, -0.1) is 24.0 Å². The summed E-state index contributed by atoms with van der Waals surface area (Å²) in [6, 6.07) is 2.77. The summed E-state index contributed by atoms with van der Waals surface area (Å²) in [5, 5.41) is 11.4. The van der Waals surface area contributed by atoms with Gasteiger partial charge in [-0.3, -0.25) is 9.67 Å². The van der Waals surface area contributed by atoms with Crippen molar-refractivity contribution in [2.24, 2.45) is 10.9 Å². The van der Waals surface area contributed by atoms with E-state index in [-0.39, 0.29) is 24.0 Å². The largest absolute Gasteiger partial charge is 0.356 e. The zero-order chi connectivity index (χ0) is 18.2. The number of nitrogens with one attached hydrogen (secondary N) is 2. The van der Waals surface area contributed by atoms with Gasteiger partial charge in [0.25, 0.3) is 0 Å². The molecule has 1 saturated heterocycles. The first-order valence-corrected chi connectivity index (χ1v) is 9.69. The SMILES string of the molecule is CN=C(NCCCn1nc(C)cc1C)NCC1CCCN(C(C)C)C1.I. The van der Waals surface area contributed by atoms with Gasteiger partial charge in [-0.1, -0.05) is 0 Å². The van der Waals surface area contributed by atoms with E-state index in [2.05, 4.69) is 57.1 Å². The molecule has 26 heavy (non-hydrogen) atoms. The zero-order valence-corrected chi connectivity index (χ0v) is 19.4. The fourth-order valence-corrected chi connectivity index (χ4v) is 3.53. The Morgan fingerprint density at radius 3 is 2.73 bits per heavy atom. The van der Waals surface area contributed by atoms with E-state index >= 15 is 0 Å². The summed E-state index contributed by atoms with van der Waals surface area (Å²) in [7, 11) is 1.84. The van der Waals surface area contributed by atoms with E-state index in [9.17, 15) is 0 Å². The van der Waals surface area contributed by atoms with Gasteiger partial charge in [-0.2, -0.15) is 5.10 Å². The minimum Gasteiger partial charge on any atom is -0.356 e. The molecule has 1 aromatic heterocycles. The molecular formula is C19H37IN6. The average Bonchev–Trinajstić information content (AvgIpc) is 2.92. The number of aryl methyl sites for hydroxylation is 3. The van der Waals surface area contributed by atoms with Crippen molar-refractivity contribution < 1.29 is 0 Å². The van der Waals surface area contributed by atoms with E-state index in [0.29, 0.717) is 12.0 Å². The van der Waals surface area contributed by atoms with Gasteiger partial charge in [0.1, 0.15) is 0 Å². The first kappa shape index (κ1) is 23.2. The third-order valence-corrected chi connectivity index (χ3v) is 5.00. The van der Waals surface area contributed by atoms with Gasteiger partial charge in [0, 0.05) is 45.0 Å². The van der Waals surface area contributed by atoms with Crippen molar-refractivity contribution in [3.05, 3.63) is 17.5 Å². The highest BCUT2D eigenvalue weighted by Gasteiger charge is 2.21. The average molecular weight is 476 g/mol. The quantitative estimate of drug-likeness (QED) is 0.275. The Hall–Kier alpha value is -0.830. The highest BCUT2D eigenvalue weighted by molar-refractivity contribution is 14.0. The lowest BCUT2D eigenvalue weighted by Crippen LogP contribution is -2.46. The van der Waals surface area contributed by atoms with Crippen LogP contribution in [-0.4, -0.2) is 59.9 Å². The normalized spacial score (nSPS) is 18.7. The molecule has 6 nitrogen and oxygen atoms in total. The molecule has 0 radical (unpaired) electrons. The standard InChI is InChI=1S/C19H36N6.HI/c1-15(2)24-10-6-8-18(14-24)13-22-19(20-5)21-9-7-11-25-17(4)12-16(3)23-25;/h12,15,18H,6-11,13-14H2,1-5H3,(H2,20,21,22);1H. The van der Waals surface area contributed by atoms with E-state index in [1.807, 2.05) is 14.0 Å². The number of aliphatic imine (C=N–C) groups is 1.